The van der Waals surface area contributed by atoms with Crippen LogP contribution in [0.2, 0.25) is 0 Å². The normalized spacial score (nSPS) is 9.75. The minimum atomic E-state index is -0.472. The first-order chi connectivity index (χ1) is 9.69. The lowest BCUT2D eigenvalue weighted by Crippen LogP contribution is -2.26. The van der Waals surface area contributed by atoms with Crippen LogP contribution in [0.5, 0.6) is 0 Å². The van der Waals surface area contributed by atoms with Crippen LogP contribution in [0.1, 0.15) is 29.3 Å². The molecule has 0 saturated heterocycles. The predicted octanol–water partition coefficient (Wildman–Crippen LogP) is 1.33. The first-order valence-electron chi connectivity index (χ1n) is 6.44. The second-order valence-corrected chi connectivity index (χ2v) is 3.96. The van der Waals surface area contributed by atoms with Crippen molar-refractivity contribution < 1.29 is 19.0 Å². The number of hydrogen-bond donors (Lipinski definition) is 2. The first-order valence-corrected chi connectivity index (χ1v) is 6.44. The fraction of sp³-hybridized carbons (Fsp3) is 0.400. The van der Waals surface area contributed by atoms with Gasteiger partial charge in [-0.05, 0) is 31.5 Å². The summed E-state index contributed by atoms with van der Waals surface area (Å²) in [6.07, 6.45) is 0.707. The molecule has 108 valence electrons. The summed E-state index contributed by atoms with van der Waals surface area (Å²) in [4.78, 5) is 12.0. The second-order valence-electron chi connectivity index (χ2n) is 3.96. The van der Waals surface area contributed by atoms with Gasteiger partial charge in [0.1, 0.15) is 12.4 Å². The summed E-state index contributed by atoms with van der Waals surface area (Å²) in [6.45, 7) is 3.27. The molecule has 0 saturated carbocycles. The number of ether oxygens (including phenoxy) is 1. The zero-order valence-electron chi connectivity index (χ0n) is 11.4. The molecule has 0 aromatic heterocycles. The van der Waals surface area contributed by atoms with E-state index >= 15 is 0 Å². The SMILES string of the molecule is CCOCCCNC(=O)c1ccc(F)cc1C#CCO. The van der Waals surface area contributed by atoms with Crippen LogP contribution in [0, 0.1) is 17.7 Å². The summed E-state index contributed by atoms with van der Waals surface area (Å²) in [5.41, 5.74) is 0.560. The van der Waals surface area contributed by atoms with Gasteiger partial charge >= 0.3 is 0 Å². The molecule has 0 atom stereocenters. The monoisotopic (exact) mass is 279 g/mol. The standard InChI is InChI=1S/C15H18FNO3/c1-2-20-10-4-8-17-15(19)14-7-6-13(16)11-12(14)5-3-9-18/h6-7,11,18H,2,4,8-10H2,1H3,(H,17,19). The van der Waals surface area contributed by atoms with Gasteiger partial charge in [0.25, 0.3) is 5.91 Å². The van der Waals surface area contributed by atoms with Gasteiger partial charge in [-0.1, -0.05) is 11.8 Å². The number of rotatable bonds is 6. The van der Waals surface area contributed by atoms with Crippen molar-refractivity contribution in [1.82, 2.24) is 5.32 Å². The molecular weight excluding hydrogens is 261 g/mol. The Morgan fingerprint density at radius 2 is 2.30 bits per heavy atom. The van der Waals surface area contributed by atoms with Gasteiger partial charge in [-0.15, -0.1) is 0 Å². The Kier molecular flexibility index (Phi) is 7.33. The van der Waals surface area contributed by atoms with Crippen LogP contribution < -0.4 is 5.32 Å². The maximum atomic E-state index is 13.2. The fourth-order valence-corrected chi connectivity index (χ4v) is 1.57. The lowest BCUT2D eigenvalue weighted by atomic mass is 10.1. The number of aliphatic hydroxyl groups is 1. The van der Waals surface area contributed by atoms with Crippen molar-refractivity contribution >= 4 is 5.91 Å². The Labute approximate surface area is 117 Å². The van der Waals surface area contributed by atoms with Crippen molar-refractivity contribution in [2.45, 2.75) is 13.3 Å². The Hall–Kier alpha value is -1.90. The second kappa shape index (κ2) is 9.08. The number of carbonyl (C=O) groups is 1. The number of benzene rings is 1. The molecule has 0 aliphatic heterocycles. The van der Waals surface area contributed by atoms with Crippen LogP contribution in [-0.2, 0) is 4.74 Å². The summed E-state index contributed by atoms with van der Waals surface area (Å²) in [5, 5.41) is 11.4. The van der Waals surface area contributed by atoms with Crippen molar-refractivity contribution in [3.63, 3.8) is 0 Å². The molecule has 1 aromatic carbocycles. The molecule has 0 radical (unpaired) electrons. The molecule has 20 heavy (non-hydrogen) atoms. The maximum Gasteiger partial charge on any atom is 0.252 e. The summed E-state index contributed by atoms with van der Waals surface area (Å²) in [7, 11) is 0. The zero-order chi connectivity index (χ0) is 14.8. The smallest absolute Gasteiger partial charge is 0.252 e. The van der Waals surface area contributed by atoms with Crippen LogP contribution in [0.15, 0.2) is 18.2 Å². The predicted molar refractivity (Wildman–Crippen MR) is 73.8 cm³/mol. The zero-order valence-corrected chi connectivity index (χ0v) is 11.4. The molecule has 0 fully saturated rings. The molecule has 0 heterocycles. The number of hydrogen-bond acceptors (Lipinski definition) is 3. The number of carbonyl (C=O) groups excluding carboxylic acids is 1. The maximum absolute atomic E-state index is 13.2. The minimum absolute atomic E-state index is 0.265. The van der Waals surface area contributed by atoms with E-state index in [1.54, 1.807) is 0 Å². The van der Waals surface area contributed by atoms with Gasteiger partial charge in [0.05, 0.1) is 5.56 Å². The Morgan fingerprint density at radius 1 is 1.50 bits per heavy atom. The summed E-state index contributed by atoms with van der Waals surface area (Å²) >= 11 is 0. The van der Waals surface area contributed by atoms with Crippen molar-refractivity contribution in [3.05, 3.63) is 35.1 Å². The molecule has 1 amide bonds. The van der Waals surface area contributed by atoms with E-state index in [0.29, 0.717) is 31.7 Å². The molecular formula is C15H18FNO3. The summed E-state index contributed by atoms with van der Waals surface area (Å²) in [6, 6.07) is 3.77. The molecule has 0 spiro atoms. The number of nitrogens with one attached hydrogen (secondary N) is 1. The topological polar surface area (TPSA) is 58.6 Å². The van der Waals surface area contributed by atoms with Crippen molar-refractivity contribution in [2.75, 3.05) is 26.4 Å². The van der Waals surface area contributed by atoms with Crippen molar-refractivity contribution in [1.29, 1.82) is 0 Å². The third kappa shape index (κ3) is 5.39. The molecule has 0 aliphatic carbocycles. The van der Waals surface area contributed by atoms with Gasteiger partial charge in [0, 0.05) is 25.3 Å². The summed E-state index contributed by atoms with van der Waals surface area (Å²) in [5.74, 6) is 4.19. The van der Waals surface area contributed by atoms with E-state index in [2.05, 4.69) is 17.2 Å². The summed E-state index contributed by atoms with van der Waals surface area (Å²) < 4.78 is 18.3. The van der Waals surface area contributed by atoms with Crippen molar-refractivity contribution in [3.8, 4) is 11.8 Å². The van der Waals surface area contributed by atoms with Gasteiger partial charge in [-0.25, -0.2) is 4.39 Å². The fourth-order valence-electron chi connectivity index (χ4n) is 1.57. The van der Waals surface area contributed by atoms with E-state index in [1.165, 1.54) is 18.2 Å². The first kappa shape index (κ1) is 16.2. The van der Waals surface area contributed by atoms with E-state index in [-0.39, 0.29) is 18.1 Å². The number of aliphatic hydroxyl groups excluding tert-OH is 1. The van der Waals surface area contributed by atoms with E-state index in [9.17, 15) is 9.18 Å². The third-order valence-electron chi connectivity index (χ3n) is 2.48. The molecule has 0 aliphatic rings. The van der Waals surface area contributed by atoms with Gasteiger partial charge in [0.2, 0.25) is 0 Å². The van der Waals surface area contributed by atoms with Crippen LogP contribution in [0.3, 0.4) is 0 Å². The highest BCUT2D eigenvalue weighted by Crippen LogP contribution is 2.10. The van der Waals surface area contributed by atoms with Gasteiger partial charge in [-0.2, -0.15) is 0 Å². The van der Waals surface area contributed by atoms with E-state index < -0.39 is 5.82 Å². The molecule has 0 bridgehead atoms. The van der Waals surface area contributed by atoms with Gasteiger partial charge in [-0.3, -0.25) is 4.79 Å². The van der Waals surface area contributed by atoms with E-state index in [4.69, 9.17) is 9.84 Å². The third-order valence-corrected chi connectivity index (χ3v) is 2.48. The Morgan fingerprint density at radius 3 is 3.00 bits per heavy atom. The average molecular weight is 279 g/mol. The van der Waals surface area contributed by atoms with Crippen LogP contribution in [-0.4, -0.2) is 37.4 Å². The highest BCUT2D eigenvalue weighted by molar-refractivity contribution is 5.96. The van der Waals surface area contributed by atoms with Crippen molar-refractivity contribution in [2.24, 2.45) is 0 Å². The molecule has 2 N–H and O–H groups in total. The van der Waals surface area contributed by atoms with Gasteiger partial charge in [0.15, 0.2) is 0 Å². The number of amides is 1. The lowest BCUT2D eigenvalue weighted by molar-refractivity contribution is 0.0944. The Bertz CT molecular complexity index is 506. The Balaban J connectivity index is 2.67. The molecule has 1 rings (SSSR count). The molecule has 4 nitrogen and oxygen atoms in total. The van der Waals surface area contributed by atoms with Crippen LogP contribution >= 0.6 is 0 Å². The highest BCUT2D eigenvalue weighted by atomic mass is 19.1. The van der Waals surface area contributed by atoms with Crippen LogP contribution in [0.4, 0.5) is 4.39 Å². The average Bonchev–Trinajstić information content (AvgIpc) is 2.44. The number of halogens is 1. The quantitative estimate of drug-likeness (QED) is 0.610. The minimum Gasteiger partial charge on any atom is -0.384 e. The molecule has 0 unspecified atom stereocenters. The molecule has 5 heteroatoms. The largest absolute Gasteiger partial charge is 0.384 e. The van der Waals surface area contributed by atoms with Gasteiger partial charge < -0.3 is 15.2 Å². The highest BCUT2D eigenvalue weighted by Gasteiger charge is 2.10. The molecule has 1 aromatic rings. The lowest BCUT2D eigenvalue weighted by Gasteiger charge is -2.07. The van der Waals surface area contributed by atoms with E-state index in [0.717, 1.165) is 0 Å². The van der Waals surface area contributed by atoms with E-state index in [1.807, 2.05) is 6.92 Å². The van der Waals surface area contributed by atoms with Crippen LogP contribution in [0.25, 0.3) is 0 Å².